The Balaban J connectivity index is 0.00000151. The molecule has 1 aliphatic rings. The Kier molecular flexibility index (Phi) is 7.34. The molecule has 1 aromatic rings. The number of hydrogen-bond donors (Lipinski definition) is 0. The van der Waals surface area contributed by atoms with Gasteiger partial charge in [-0.2, -0.15) is 0 Å². The number of halogens is 1. The zero-order chi connectivity index (χ0) is 19.2. The van der Waals surface area contributed by atoms with Crippen molar-refractivity contribution in [3.8, 4) is 0 Å². The van der Waals surface area contributed by atoms with Gasteiger partial charge in [-0.1, -0.05) is 39.5 Å². The van der Waals surface area contributed by atoms with Gasteiger partial charge in [-0.15, -0.1) is 0 Å². The van der Waals surface area contributed by atoms with Crippen molar-refractivity contribution in [2.75, 3.05) is 6.61 Å². The van der Waals surface area contributed by atoms with E-state index in [2.05, 4.69) is 6.58 Å². The van der Waals surface area contributed by atoms with Crippen LogP contribution in [0.15, 0.2) is 24.8 Å². The van der Waals surface area contributed by atoms with Gasteiger partial charge < -0.3 is 4.74 Å². The van der Waals surface area contributed by atoms with Crippen LogP contribution in [0.5, 0.6) is 0 Å². The molecule has 138 valence electrons. The van der Waals surface area contributed by atoms with Crippen molar-refractivity contribution in [2.45, 2.75) is 59.4 Å². The molecular weight excluding hydrogens is 321 g/mol. The van der Waals surface area contributed by atoms with Crippen LogP contribution in [0.1, 0.15) is 58.1 Å². The van der Waals surface area contributed by atoms with Gasteiger partial charge in [-0.05, 0) is 43.9 Å². The van der Waals surface area contributed by atoms with Crippen LogP contribution < -0.4 is 0 Å². The second kappa shape index (κ2) is 8.79. The Labute approximate surface area is 149 Å². The maximum absolute atomic E-state index is 13.9. The average molecular weight is 349 g/mol. The summed E-state index contributed by atoms with van der Waals surface area (Å²) in [4.78, 5) is 25.4. The van der Waals surface area contributed by atoms with Gasteiger partial charge in [0.2, 0.25) is 5.91 Å². The number of ether oxygens (including phenoxy) is 1. The Morgan fingerprint density at radius 3 is 2.56 bits per heavy atom. The molecule has 1 heterocycles. The highest BCUT2D eigenvalue weighted by Gasteiger charge is 2.45. The molecule has 1 aliphatic heterocycles. The maximum atomic E-state index is 13.9. The third-order valence-corrected chi connectivity index (χ3v) is 4.39. The number of hydrogen-bond acceptors (Lipinski definition) is 3. The lowest BCUT2D eigenvalue weighted by Gasteiger charge is -2.29. The van der Waals surface area contributed by atoms with Gasteiger partial charge in [0, 0.05) is 12.0 Å². The average Bonchev–Trinajstić information content (AvgIpc) is 2.90. The van der Waals surface area contributed by atoms with Crippen molar-refractivity contribution in [1.82, 2.24) is 4.90 Å². The predicted molar refractivity (Wildman–Crippen MR) is 97.6 cm³/mol. The van der Waals surface area contributed by atoms with Gasteiger partial charge in [-0.25, -0.2) is 14.1 Å². The SMILES string of the molecule is C=C(CCC(=O)N1C(=O)OC[C@@]1(C)CC)c1ccc(C)cc1F.CC. The van der Waals surface area contributed by atoms with E-state index in [1.54, 1.807) is 12.1 Å². The van der Waals surface area contributed by atoms with E-state index in [1.165, 1.54) is 11.0 Å². The molecule has 0 bridgehead atoms. The van der Waals surface area contributed by atoms with Crippen LogP contribution in [0.2, 0.25) is 0 Å². The van der Waals surface area contributed by atoms with Crippen LogP contribution in [0, 0.1) is 12.7 Å². The zero-order valence-corrected chi connectivity index (χ0v) is 15.8. The molecule has 0 spiro atoms. The van der Waals surface area contributed by atoms with Crippen molar-refractivity contribution in [3.63, 3.8) is 0 Å². The molecule has 1 saturated heterocycles. The second-order valence-corrected chi connectivity index (χ2v) is 6.22. The molecule has 25 heavy (non-hydrogen) atoms. The van der Waals surface area contributed by atoms with E-state index in [-0.39, 0.29) is 24.8 Å². The largest absolute Gasteiger partial charge is 0.447 e. The lowest BCUT2D eigenvalue weighted by molar-refractivity contribution is -0.131. The summed E-state index contributed by atoms with van der Waals surface area (Å²) in [7, 11) is 0. The summed E-state index contributed by atoms with van der Waals surface area (Å²) in [5.41, 5.74) is 1.17. The van der Waals surface area contributed by atoms with E-state index >= 15 is 0 Å². The van der Waals surface area contributed by atoms with Crippen LogP contribution in [0.25, 0.3) is 5.57 Å². The van der Waals surface area contributed by atoms with Crippen molar-refractivity contribution in [2.24, 2.45) is 0 Å². The number of imide groups is 1. The monoisotopic (exact) mass is 349 g/mol. The molecule has 0 N–H and O–H groups in total. The zero-order valence-electron chi connectivity index (χ0n) is 15.8. The lowest BCUT2D eigenvalue weighted by atomic mass is 9.97. The lowest BCUT2D eigenvalue weighted by Crippen LogP contribution is -2.47. The summed E-state index contributed by atoms with van der Waals surface area (Å²) in [6, 6.07) is 4.91. The van der Waals surface area contributed by atoms with Crippen molar-refractivity contribution in [3.05, 3.63) is 41.7 Å². The Morgan fingerprint density at radius 2 is 2.00 bits per heavy atom. The summed E-state index contributed by atoms with van der Waals surface area (Å²) >= 11 is 0. The molecule has 0 saturated carbocycles. The minimum absolute atomic E-state index is 0.0941. The number of aryl methyl sites for hydroxylation is 1. The van der Waals surface area contributed by atoms with Gasteiger partial charge in [-0.3, -0.25) is 4.79 Å². The van der Waals surface area contributed by atoms with Crippen LogP contribution in [0.4, 0.5) is 9.18 Å². The normalized spacial score (nSPS) is 19.1. The molecule has 2 amide bonds. The molecule has 0 unspecified atom stereocenters. The highest BCUT2D eigenvalue weighted by atomic mass is 19.1. The fourth-order valence-corrected chi connectivity index (χ4v) is 2.64. The Morgan fingerprint density at radius 1 is 1.36 bits per heavy atom. The van der Waals surface area contributed by atoms with Gasteiger partial charge in [0.25, 0.3) is 0 Å². The predicted octanol–water partition coefficient (Wildman–Crippen LogP) is 5.10. The van der Waals surface area contributed by atoms with Crippen LogP contribution >= 0.6 is 0 Å². The summed E-state index contributed by atoms with van der Waals surface area (Å²) in [6.45, 7) is 13.6. The number of cyclic esters (lactones) is 1. The molecule has 1 aromatic carbocycles. The molecule has 0 aromatic heterocycles. The summed E-state index contributed by atoms with van der Waals surface area (Å²) in [5, 5.41) is 0. The number of allylic oxidation sites excluding steroid dienone is 1. The first kappa shape index (κ1) is 20.9. The smallest absolute Gasteiger partial charge is 0.417 e. The Bertz CT molecular complexity index is 656. The van der Waals surface area contributed by atoms with Crippen molar-refractivity contribution < 1.29 is 18.7 Å². The van der Waals surface area contributed by atoms with E-state index < -0.39 is 11.6 Å². The molecular formula is C20H28FNO3. The molecule has 1 atom stereocenters. The number of nitrogens with zero attached hydrogens (tertiary/aromatic N) is 1. The molecule has 0 radical (unpaired) electrons. The fraction of sp³-hybridized carbons (Fsp3) is 0.500. The quantitative estimate of drug-likeness (QED) is 0.743. The number of carbonyl (C=O) groups is 2. The third-order valence-electron chi connectivity index (χ3n) is 4.39. The number of benzene rings is 1. The maximum Gasteiger partial charge on any atom is 0.417 e. The van der Waals surface area contributed by atoms with Gasteiger partial charge in [0.1, 0.15) is 12.4 Å². The standard InChI is InChI=1S/C18H22FNO3.C2H6/c1-5-18(4)11-23-17(22)20(18)16(21)9-7-13(3)14-8-6-12(2)10-15(14)19;1-2/h6,8,10H,3,5,7,9,11H2,1-2,4H3;1-2H3/t18-;/m1./s1. The first-order valence-corrected chi connectivity index (χ1v) is 8.72. The van der Waals surface area contributed by atoms with Crippen molar-refractivity contribution >= 4 is 17.6 Å². The number of amides is 2. The topological polar surface area (TPSA) is 46.6 Å². The minimum Gasteiger partial charge on any atom is -0.447 e. The Hall–Kier alpha value is -2.17. The van der Waals surface area contributed by atoms with E-state index in [0.717, 1.165) is 5.56 Å². The molecule has 1 fully saturated rings. The molecule has 4 nitrogen and oxygen atoms in total. The highest BCUT2D eigenvalue weighted by Crippen LogP contribution is 2.29. The summed E-state index contributed by atoms with van der Waals surface area (Å²) in [5.74, 6) is -0.660. The van der Waals surface area contributed by atoms with Gasteiger partial charge in [0.15, 0.2) is 0 Å². The number of rotatable bonds is 5. The molecule has 2 rings (SSSR count). The van der Waals surface area contributed by atoms with Crippen molar-refractivity contribution in [1.29, 1.82) is 0 Å². The van der Waals surface area contributed by atoms with Gasteiger partial charge >= 0.3 is 6.09 Å². The highest BCUT2D eigenvalue weighted by molar-refractivity contribution is 5.94. The second-order valence-electron chi connectivity index (χ2n) is 6.22. The summed E-state index contributed by atoms with van der Waals surface area (Å²) < 4.78 is 18.9. The van der Waals surface area contributed by atoms with Crippen LogP contribution in [0.3, 0.4) is 0 Å². The van der Waals surface area contributed by atoms with E-state index in [1.807, 2.05) is 34.6 Å². The first-order chi connectivity index (χ1) is 11.8. The fourth-order valence-electron chi connectivity index (χ4n) is 2.64. The van der Waals surface area contributed by atoms with E-state index in [9.17, 15) is 14.0 Å². The van der Waals surface area contributed by atoms with E-state index in [0.29, 0.717) is 24.0 Å². The van der Waals surface area contributed by atoms with Gasteiger partial charge in [0.05, 0.1) is 5.54 Å². The van der Waals surface area contributed by atoms with Crippen LogP contribution in [-0.4, -0.2) is 29.0 Å². The third kappa shape index (κ3) is 4.68. The molecule has 0 aliphatic carbocycles. The molecule has 5 heteroatoms. The first-order valence-electron chi connectivity index (χ1n) is 8.72. The number of carbonyl (C=O) groups excluding carboxylic acids is 2. The van der Waals surface area contributed by atoms with Crippen LogP contribution in [-0.2, 0) is 9.53 Å². The van der Waals surface area contributed by atoms with E-state index in [4.69, 9.17) is 4.74 Å². The summed E-state index contributed by atoms with van der Waals surface area (Å²) in [6.07, 6.45) is 0.406. The minimum atomic E-state index is -0.607.